The van der Waals surface area contributed by atoms with Gasteiger partial charge in [-0.15, -0.1) is 5.10 Å². The molecule has 0 unspecified atom stereocenters. The van der Waals surface area contributed by atoms with Crippen LogP contribution >= 0.6 is 0 Å². The van der Waals surface area contributed by atoms with Gasteiger partial charge in [-0.05, 0) is 6.42 Å². The largest absolute Gasteiger partial charge is 0.354 e. The highest BCUT2D eigenvalue weighted by Gasteiger charge is 2.20. The summed E-state index contributed by atoms with van der Waals surface area (Å²) in [5.74, 6) is -0.261. The summed E-state index contributed by atoms with van der Waals surface area (Å²) in [7, 11) is 0. The lowest BCUT2D eigenvalue weighted by Crippen LogP contribution is -2.39. The highest BCUT2D eigenvalue weighted by atomic mass is 16.2. The van der Waals surface area contributed by atoms with E-state index in [1.54, 1.807) is 6.20 Å². The molecule has 1 aromatic heterocycles. The first-order chi connectivity index (χ1) is 8.69. The van der Waals surface area contributed by atoms with Gasteiger partial charge in [0.05, 0.1) is 18.4 Å². The molecule has 0 spiro atoms. The van der Waals surface area contributed by atoms with Gasteiger partial charge in [0.2, 0.25) is 11.8 Å². The van der Waals surface area contributed by atoms with Gasteiger partial charge in [-0.25, -0.2) is 4.68 Å². The molecular weight excluding hydrogens is 236 g/mol. The van der Waals surface area contributed by atoms with Gasteiger partial charge in [-0.2, -0.15) is 0 Å². The zero-order valence-electron chi connectivity index (χ0n) is 10.0. The Kier molecular flexibility index (Phi) is 3.88. The number of rotatable bonds is 3. The SMILES string of the molecule is NCc1cn(CC(=O)N2CCCNC(=O)C2)nn1. The summed E-state index contributed by atoms with van der Waals surface area (Å²) in [6, 6.07) is 0. The molecule has 0 saturated carbocycles. The molecule has 2 heterocycles. The van der Waals surface area contributed by atoms with Crippen molar-refractivity contribution in [3.8, 4) is 0 Å². The highest BCUT2D eigenvalue weighted by Crippen LogP contribution is 2.00. The van der Waals surface area contributed by atoms with Crippen molar-refractivity contribution in [3.63, 3.8) is 0 Å². The molecule has 1 aromatic rings. The molecule has 0 radical (unpaired) electrons. The standard InChI is InChI=1S/C10H16N6O2/c11-4-8-5-16(14-13-8)7-10(18)15-3-1-2-12-9(17)6-15/h5H,1-4,6-7,11H2,(H,12,17). The molecule has 18 heavy (non-hydrogen) atoms. The molecule has 98 valence electrons. The Bertz CT molecular complexity index is 443. The lowest BCUT2D eigenvalue weighted by atomic mass is 10.4. The van der Waals surface area contributed by atoms with Crippen LogP contribution in [0.5, 0.6) is 0 Å². The molecule has 0 aromatic carbocycles. The van der Waals surface area contributed by atoms with Crippen LogP contribution in [0, 0.1) is 0 Å². The molecule has 8 heteroatoms. The van der Waals surface area contributed by atoms with Gasteiger partial charge >= 0.3 is 0 Å². The Morgan fingerprint density at radius 1 is 1.56 bits per heavy atom. The molecule has 1 aliphatic heterocycles. The quantitative estimate of drug-likeness (QED) is 0.652. The fraction of sp³-hybridized carbons (Fsp3) is 0.600. The number of aromatic nitrogens is 3. The van der Waals surface area contributed by atoms with E-state index < -0.39 is 0 Å². The van der Waals surface area contributed by atoms with Gasteiger partial charge in [-0.1, -0.05) is 5.21 Å². The number of hydrogen-bond donors (Lipinski definition) is 2. The topological polar surface area (TPSA) is 106 Å². The van der Waals surface area contributed by atoms with Crippen LogP contribution in [0.4, 0.5) is 0 Å². The predicted molar refractivity (Wildman–Crippen MR) is 62.1 cm³/mol. The van der Waals surface area contributed by atoms with E-state index in [1.807, 2.05) is 0 Å². The van der Waals surface area contributed by atoms with Crippen LogP contribution in [0.2, 0.25) is 0 Å². The molecule has 0 bridgehead atoms. The lowest BCUT2D eigenvalue weighted by molar-refractivity contribution is -0.135. The fourth-order valence-corrected chi connectivity index (χ4v) is 1.77. The van der Waals surface area contributed by atoms with Crippen LogP contribution in [-0.4, -0.2) is 51.3 Å². The van der Waals surface area contributed by atoms with Crippen LogP contribution in [-0.2, 0) is 22.7 Å². The smallest absolute Gasteiger partial charge is 0.244 e. The van der Waals surface area contributed by atoms with Crippen molar-refractivity contribution in [2.75, 3.05) is 19.6 Å². The molecule has 2 amide bonds. The summed E-state index contributed by atoms with van der Waals surface area (Å²) in [5, 5.41) is 10.3. The third kappa shape index (κ3) is 3.04. The van der Waals surface area contributed by atoms with Crippen molar-refractivity contribution in [2.24, 2.45) is 5.73 Å². The van der Waals surface area contributed by atoms with E-state index in [0.717, 1.165) is 6.42 Å². The van der Waals surface area contributed by atoms with Gasteiger partial charge in [0.15, 0.2) is 0 Å². The molecule has 1 fully saturated rings. The maximum absolute atomic E-state index is 12.0. The van der Waals surface area contributed by atoms with Gasteiger partial charge < -0.3 is 16.0 Å². The van der Waals surface area contributed by atoms with Gasteiger partial charge in [0, 0.05) is 19.6 Å². The molecule has 2 rings (SSSR count). The first-order valence-electron chi connectivity index (χ1n) is 5.82. The van der Waals surface area contributed by atoms with Crippen LogP contribution in [0.15, 0.2) is 6.20 Å². The van der Waals surface area contributed by atoms with Crippen molar-refractivity contribution in [1.29, 1.82) is 0 Å². The monoisotopic (exact) mass is 252 g/mol. The Balaban J connectivity index is 1.95. The number of nitrogens with zero attached hydrogens (tertiary/aromatic N) is 4. The molecule has 8 nitrogen and oxygen atoms in total. The number of amides is 2. The van der Waals surface area contributed by atoms with Crippen molar-refractivity contribution in [1.82, 2.24) is 25.2 Å². The average molecular weight is 252 g/mol. The predicted octanol–water partition coefficient (Wildman–Crippen LogP) is -1.91. The highest BCUT2D eigenvalue weighted by molar-refractivity contribution is 5.85. The van der Waals surface area contributed by atoms with E-state index in [4.69, 9.17) is 5.73 Å². The first kappa shape index (κ1) is 12.5. The third-order valence-corrected chi connectivity index (χ3v) is 2.71. The van der Waals surface area contributed by atoms with E-state index in [9.17, 15) is 9.59 Å². The van der Waals surface area contributed by atoms with Crippen molar-refractivity contribution in [3.05, 3.63) is 11.9 Å². The second-order valence-corrected chi connectivity index (χ2v) is 4.13. The summed E-state index contributed by atoms with van der Waals surface area (Å²) < 4.78 is 1.44. The summed E-state index contributed by atoms with van der Waals surface area (Å²) in [5.41, 5.74) is 6.05. The Morgan fingerprint density at radius 2 is 2.39 bits per heavy atom. The Morgan fingerprint density at radius 3 is 3.11 bits per heavy atom. The third-order valence-electron chi connectivity index (χ3n) is 2.71. The average Bonchev–Trinajstić information content (AvgIpc) is 2.69. The number of hydrogen-bond acceptors (Lipinski definition) is 5. The van der Waals surface area contributed by atoms with Gasteiger partial charge in [0.25, 0.3) is 0 Å². The van der Waals surface area contributed by atoms with Gasteiger partial charge in [0.1, 0.15) is 6.54 Å². The molecule has 1 saturated heterocycles. The van der Waals surface area contributed by atoms with Crippen LogP contribution in [0.3, 0.4) is 0 Å². The minimum absolute atomic E-state index is 0.0836. The van der Waals surface area contributed by atoms with Crippen molar-refractivity contribution < 1.29 is 9.59 Å². The second kappa shape index (κ2) is 5.58. The minimum Gasteiger partial charge on any atom is -0.354 e. The summed E-state index contributed by atoms with van der Waals surface area (Å²) in [6.45, 7) is 1.68. The zero-order valence-corrected chi connectivity index (χ0v) is 10.0. The number of nitrogens with two attached hydrogens (primary N) is 1. The number of carbonyl (C=O) groups is 2. The summed E-state index contributed by atoms with van der Waals surface area (Å²) in [6.07, 6.45) is 2.40. The number of carbonyl (C=O) groups excluding carboxylic acids is 2. The van der Waals surface area contributed by atoms with Crippen LogP contribution in [0.25, 0.3) is 0 Å². The first-order valence-corrected chi connectivity index (χ1v) is 5.82. The van der Waals surface area contributed by atoms with E-state index in [1.165, 1.54) is 9.58 Å². The maximum Gasteiger partial charge on any atom is 0.244 e. The minimum atomic E-state index is -0.138. The molecule has 1 aliphatic rings. The van der Waals surface area contributed by atoms with Crippen molar-refractivity contribution in [2.45, 2.75) is 19.5 Å². The molecular formula is C10H16N6O2. The lowest BCUT2D eigenvalue weighted by Gasteiger charge is -2.18. The molecule has 0 aliphatic carbocycles. The van der Waals surface area contributed by atoms with E-state index >= 15 is 0 Å². The van der Waals surface area contributed by atoms with Gasteiger partial charge in [-0.3, -0.25) is 9.59 Å². The number of nitrogens with one attached hydrogen (secondary N) is 1. The maximum atomic E-state index is 12.0. The molecule has 3 N–H and O–H groups in total. The van der Waals surface area contributed by atoms with E-state index in [0.29, 0.717) is 25.3 Å². The second-order valence-electron chi connectivity index (χ2n) is 4.13. The Hall–Kier alpha value is -1.96. The van der Waals surface area contributed by atoms with E-state index in [-0.39, 0.29) is 24.9 Å². The molecule has 0 atom stereocenters. The fourth-order valence-electron chi connectivity index (χ4n) is 1.77. The van der Waals surface area contributed by atoms with Crippen molar-refractivity contribution >= 4 is 11.8 Å². The summed E-state index contributed by atoms with van der Waals surface area (Å²) in [4.78, 5) is 24.9. The zero-order chi connectivity index (χ0) is 13.0. The summed E-state index contributed by atoms with van der Waals surface area (Å²) >= 11 is 0. The Labute approximate surface area is 104 Å². The van der Waals surface area contributed by atoms with Crippen LogP contribution < -0.4 is 11.1 Å². The normalized spacial score (nSPS) is 16.3. The van der Waals surface area contributed by atoms with E-state index in [2.05, 4.69) is 15.6 Å². The van der Waals surface area contributed by atoms with Crippen LogP contribution in [0.1, 0.15) is 12.1 Å².